The molecular formula is C15H28N2O2. The minimum absolute atomic E-state index is 0.116. The van der Waals surface area contributed by atoms with Crippen LogP contribution in [-0.2, 0) is 9.53 Å². The van der Waals surface area contributed by atoms with Crippen molar-refractivity contribution in [3.05, 3.63) is 0 Å². The van der Waals surface area contributed by atoms with Crippen molar-refractivity contribution in [2.24, 2.45) is 5.92 Å². The first kappa shape index (κ1) is 14.8. The van der Waals surface area contributed by atoms with Gasteiger partial charge in [-0.2, -0.15) is 0 Å². The lowest BCUT2D eigenvalue weighted by molar-refractivity contribution is -0.123. The van der Waals surface area contributed by atoms with Crippen LogP contribution in [0.3, 0.4) is 0 Å². The van der Waals surface area contributed by atoms with Crippen LogP contribution in [0.2, 0.25) is 0 Å². The predicted octanol–water partition coefficient (Wildman–Crippen LogP) is 1.84. The van der Waals surface area contributed by atoms with E-state index in [0.29, 0.717) is 12.1 Å². The summed E-state index contributed by atoms with van der Waals surface area (Å²) in [4.78, 5) is 12.0. The van der Waals surface area contributed by atoms with Gasteiger partial charge in [-0.25, -0.2) is 0 Å². The van der Waals surface area contributed by atoms with Gasteiger partial charge in [0.2, 0.25) is 5.91 Å². The van der Waals surface area contributed by atoms with Crippen LogP contribution in [0.4, 0.5) is 0 Å². The quantitative estimate of drug-likeness (QED) is 0.660. The Morgan fingerprint density at radius 2 is 2.11 bits per heavy atom. The summed E-state index contributed by atoms with van der Waals surface area (Å²) in [6.45, 7) is 5.76. The van der Waals surface area contributed by atoms with E-state index in [9.17, 15) is 4.79 Å². The Kier molecular flexibility index (Phi) is 5.64. The fraction of sp³-hybridized carbons (Fsp3) is 0.933. The molecule has 4 nitrogen and oxygen atoms in total. The minimum Gasteiger partial charge on any atom is -0.376 e. The molecule has 0 bridgehead atoms. The monoisotopic (exact) mass is 268 g/mol. The fourth-order valence-electron chi connectivity index (χ4n) is 2.82. The van der Waals surface area contributed by atoms with E-state index in [-0.39, 0.29) is 11.9 Å². The van der Waals surface area contributed by atoms with Gasteiger partial charge in [-0.1, -0.05) is 19.8 Å². The Labute approximate surface area is 116 Å². The predicted molar refractivity (Wildman–Crippen MR) is 76.0 cm³/mol. The summed E-state index contributed by atoms with van der Waals surface area (Å²) in [5.74, 6) is 0.859. The number of nitrogens with one attached hydrogen (secondary N) is 2. The molecule has 0 aromatic heterocycles. The van der Waals surface area contributed by atoms with Gasteiger partial charge in [0.25, 0.3) is 0 Å². The van der Waals surface area contributed by atoms with Crippen LogP contribution in [0.15, 0.2) is 0 Å². The third-order valence-corrected chi connectivity index (χ3v) is 4.16. The zero-order valence-electron chi connectivity index (χ0n) is 12.3. The highest BCUT2D eigenvalue weighted by molar-refractivity contribution is 5.81. The Morgan fingerprint density at radius 3 is 2.79 bits per heavy atom. The maximum Gasteiger partial charge on any atom is 0.236 e. The minimum atomic E-state index is -0.116. The van der Waals surface area contributed by atoms with Crippen LogP contribution >= 0.6 is 0 Å². The molecule has 2 rings (SSSR count). The van der Waals surface area contributed by atoms with Crippen molar-refractivity contribution in [3.8, 4) is 0 Å². The van der Waals surface area contributed by atoms with Gasteiger partial charge in [0, 0.05) is 19.2 Å². The zero-order chi connectivity index (χ0) is 13.7. The molecule has 1 saturated heterocycles. The second-order valence-electron chi connectivity index (χ2n) is 5.95. The van der Waals surface area contributed by atoms with Gasteiger partial charge in [0.1, 0.15) is 0 Å². The Morgan fingerprint density at radius 1 is 1.32 bits per heavy atom. The number of rotatable bonds is 8. The summed E-state index contributed by atoms with van der Waals surface area (Å²) >= 11 is 0. The van der Waals surface area contributed by atoms with Gasteiger partial charge in [0.05, 0.1) is 12.1 Å². The molecule has 2 fully saturated rings. The molecule has 1 saturated carbocycles. The first-order valence-corrected chi connectivity index (χ1v) is 7.87. The van der Waals surface area contributed by atoms with Crippen LogP contribution in [0.1, 0.15) is 52.4 Å². The maximum absolute atomic E-state index is 12.0. The van der Waals surface area contributed by atoms with Crippen molar-refractivity contribution in [1.29, 1.82) is 0 Å². The molecule has 0 aromatic carbocycles. The van der Waals surface area contributed by atoms with Crippen molar-refractivity contribution < 1.29 is 9.53 Å². The SMILES string of the molecule is CCCCCNC(=O)C(C)NC1CCOC1C1CC1. The standard InChI is InChI=1S/C15H28N2O2/c1-3-4-5-9-16-15(18)11(2)17-13-8-10-19-14(13)12-6-7-12/h11-14,17H,3-10H2,1-2H3,(H,16,18). The summed E-state index contributed by atoms with van der Waals surface area (Å²) in [5.41, 5.74) is 0. The van der Waals surface area contributed by atoms with Crippen molar-refractivity contribution in [3.63, 3.8) is 0 Å². The number of ether oxygens (including phenoxy) is 1. The van der Waals surface area contributed by atoms with Crippen molar-refractivity contribution >= 4 is 5.91 Å². The maximum atomic E-state index is 12.0. The van der Waals surface area contributed by atoms with E-state index in [4.69, 9.17) is 4.74 Å². The molecular weight excluding hydrogens is 240 g/mol. The number of hydrogen-bond acceptors (Lipinski definition) is 3. The lowest BCUT2D eigenvalue weighted by Crippen LogP contribution is -2.49. The van der Waals surface area contributed by atoms with Crippen LogP contribution in [-0.4, -0.2) is 37.2 Å². The van der Waals surface area contributed by atoms with Crippen LogP contribution in [0.25, 0.3) is 0 Å². The summed E-state index contributed by atoms with van der Waals surface area (Å²) in [6, 6.07) is 0.249. The molecule has 0 radical (unpaired) electrons. The molecule has 3 atom stereocenters. The van der Waals surface area contributed by atoms with Gasteiger partial charge >= 0.3 is 0 Å². The number of amides is 1. The molecule has 110 valence electrons. The lowest BCUT2D eigenvalue weighted by Gasteiger charge is -2.23. The molecule has 1 aliphatic carbocycles. The number of carbonyl (C=O) groups excluding carboxylic acids is 1. The van der Waals surface area contributed by atoms with Crippen molar-refractivity contribution in [1.82, 2.24) is 10.6 Å². The van der Waals surface area contributed by atoms with Crippen LogP contribution < -0.4 is 10.6 Å². The second kappa shape index (κ2) is 7.25. The Balaban J connectivity index is 1.67. The lowest BCUT2D eigenvalue weighted by atomic mass is 10.1. The van der Waals surface area contributed by atoms with E-state index in [0.717, 1.165) is 31.9 Å². The summed E-state index contributed by atoms with van der Waals surface area (Å²) in [6.07, 6.45) is 7.41. The molecule has 19 heavy (non-hydrogen) atoms. The summed E-state index contributed by atoms with van der Waals surface area (Å²) in [5, 5.41) is 6.46. The topological polar surface area (TPSA) is 50.4 Å². The van der Waals surface area contributed by atoms with E-state index < -0.39 is 0 Å². The zero-order valence-corrected chi connectivity index (χ0v) is 12.3. The van der Waals surface area contributed by atoms with E-state index in [2.05, 4.69) is 17.6 Å². The first-order valence-electron chi connectivity index (χ1n) is 7.87. The van der Waals surface area contributed by atoms with Gasteiger partial charge < -0.3 is 15.4 Å². The average molecular weight is 268 g/mol. The molecule has 1 heterocycles. The highest BCUT2D eigenvalue weighted by Crippen LogP contribution is 2.38. The molecule has 4 heteroatoms. The Hall–Kier alpha value is -0.610. The van der Waals surface area contributed by atoms with Gasteiger partial charge in [0.15, 0.2) is 0 Å². The molecule has 0 aromatic rings. The van der Waals surface area contributed by atoms with Gasteiger partial charge in [-0.3, -0.25) is 4.79 Å². The van der Waals surface area contributed by atoms with E-state index in [1.54, 1.807) is 0 Å². The number of carbonyl (C=O) groups is 1. The van der Waals surface area contributed by atoms with Crippen molar-refractivity contribution in [2.45, 2.75) is 70.6 Å². The first-order chi connectivity index (χ1) is 9.22. The largest absolute Gasteiger partial charge is 0.376 e. The number of hydrogen-bond donors (Lipinski definition) is 2. The summed E-state index contributed by atoms with van der Waals surface area (Å²) in [7, 11) is 0. The van der Waals surface area contributed by atoms with Gasteiger partial charge in [-0.05, 0) is 38.5 Å². The van der Waals surface area contributed by atoms with Crippen LogP contribution in [0.5, 0.6) is 0 Å². The molecule has 2 N–H and O–H groups in total. The molecule has 2 aliphatic rings. The molecule has 1 aliphatic heterocycles. The van der Waals surface area contributed by atoms with Crippen molar-refractivity contribution in [2.75, 3.05) is 13.2 Å². The third-order valence-electron chi connectivity index (χ3n) is 4.16. The average Bonchev–Trinajstić information content (AvgIpc) is 3.15. The molecule has 0 spiro atoms. The van der Waals surface area contributed by atoms with Gasteiger partial charge in [-0.15, -0.1) is 0 Å². The smallest absolute Gasteiger partial charge is 0.236 e. The van der Waals surface area contributed by atoms with Crippen LogP contribution in [0, 0.1) is 5.92 Å². The highest BCUT2D eigenvalue weighted by atomic mass is 16.5. The highest BCUT2D eigenvalue weighted by Gasteiger charge is 2.41. The fourth-order valence-corrected chi connectivity index (χ4v) is 2.82. The molecule has 3 unspecified atom stereocenters. The normalized spacial score (nSPS) is 28.3. The molecule has 1 amide bonds. The number of unbranched alkanes of at least 4 members (excludes halogenated alkanes) is 2. The van der Waals surface area contributed by atoms with E-state index in [1.807, 2.05) is 6.92 Å². The second-order valence-corrected chi connectivity index (χ2v) is 5.95. The Bertz CT molecular complexity index is 292. The van der Waals surface area contributed by atoms with E-state index in [1.165, 1.54) is 25.7 Å². The third kappa shape index (κ3) is 4.46. The summed E-state index contributed by atoms with van der Waals surface area (Å²) < 4.78 is 5.79. The van der Waals surface area contributed by atoms with E-state index >= 15 is 0 Å².